The maximum atomic E-state index is 12.7. The third-order valence-electron chi connectivity index (χ3n) is 5.04. The monoisotopic (exact) mass is 441 g/mol. The molecule has 0 bridgehead atoms. The molecule has 7 nitrogen and oxygen atoms in total. The van der Waals surface area contributed by atoms with Crippen molar-refractivity contribution < 1.29 is 14.5 Å². The van der Waals surface area contributed by atoms with Gasteiger partial charge in [-0.3, -0.25) is 19.8 Å². The second-order valence-electron chi connectivity index (χ2n) is 7.50. The van der Waals surface area contributed by atoms with E-state index in [-0.39, 0.29) is 18.1 Å². The van der Waals surface area contributed by atoms with Crippen molar-refractivity contribution in [2.24, 2.45) is 0 Å². The molecule has 0 spiro atoms. The summed E-state index contributed by atoms with van der Waals surface area (Å²) in [6.45, 7) is 0.977. The quantitative estimate of drug-likeness (QED) is 0.380. The normalized spacial score (nSPS) is 11.0. The van der Waals surface area contributed by atoms with Crippen LogP contribution in [0.3, 0.4) is 0 Å². The molecule has 0 atom stereocenters. The predicted octanol–water partition coefficient (Wildman–Crippen LogP) is 4.50. The Bertz CT molecular complexity index is 1120. The fourth-order valence-electron chi connectivity index (χ4n) is 3.35. The summed E-state index contributed by atoms with van der Waals surface area (Å²) in [6, 6.07) is 16.3. The zero-order valence-electron chi connectivity index (χ0n) is 17.7. The Morgan fingerprint density at radius 2 is 1.74 bits per heavy atom. The summed E-state index contributed by atoms with van der Waals surface area (Å²) in [5.41, 5.74) is 1.61. The van der Waals surface area contributed by atoms with Crippen molar-refractivity contribution in [2.45, 2.75) is 13.1 Å². The van der Waals surface area contributed by atoms with Crippen molar-refractivity contribution in [3.63, 3.8) is 0 Å². The second-order valence-corrected chi connectivity index (χ2v) is 7.91. The zero-order chi connectivity index (χ0) is 22.5. The maximum absolute atomic E-state index is 12.7. The van der Waals surface area contributed by atoms with Crippen LogP contribution in [0.1, 0.15) is 11.1 Å². The second kappa shape index (κ2) is 9.76. The Morgan fingerprint density at radius 1 is 1.03 bits per heavy atom. The summed E-state index contributed by atoms with van der Waals surface area (Å²) in [4.78, 5) is 26.7. The number of nitrogens with zero attached hydrogens (tertiary/aromatic N) is 3. The SMILES string of the molecule is COc1ccc2cc(CN(C)C(=O)CN(C)Cc3cc([N+](=O)[O-])ccc3Cl)ccc2c1. The van der Waals surface area contributed by atoms with E-state index in [4.69, 9.17) is 16.3 Å². The molecule has 3 aromatic carbocycles. The number of ether oxygens (including phenoxy) is 1. The number of nitro benzene ring substituents is 1. The number of amides is 1. The van der Waals surface area contributed by atoms with Crippen molar-refractivity contribution in [3.8, 4) is 5.75 Å². The van der Waals surface area contributed by atoms with Crippen molar-refractivity contribution in [1.29, 1.82) is 0 Å². The van der Waals surface area contributed by atoms with Gasteiger partial charge in [0, 0.05) is 37.3 Å². The molecule has 0 heterocycles. The Labute approximate surface area is 185 Å². The number of benzene rings is 3. The fraction of sp³-hybridized carbons (Fsp3) is 0.261. The van der Waals surface area contributed by atoms with E-state index in [1.807, 2.05) is 30.3 Å². The molecule has 162 valence electrons. The molecular formula is C23H24ClN3O4. The van der Waals surface area contributed by atoms with E-state index in [0.29, 0.717) is 23.7 Å². The van der Waals surface area contributed by atoms with Gasteiger partial charge in [-0.2, -0.15) is 0 Å². The van der Waals surface area contributed by atoms with Gasteiger partial charge < -0.3 is 9.64 Å². The number of fused-ring (bicyclic) bond motifs is 1. The topological polar surface area (TPSA) is 75.9 Å². The van der Waals surface area contributed by atoms with E-state index in [0.717, 1.165) is 22.1 Å². The number of carbonyl (C=O) groups is 1. The van der Waals surface area contributed by atoms with Crippen molar-refractivity contribution in [3.05, 3.63) is 80.9 Å². The Balaban J connectivity index is 1.62. The minimum Gasteiger partial charge on any atom is -0.497 e. The van der Waals surface area contributed by atoms with Gasteiger partial charge in [0.25, 0.3) is 5.69 Å². The van der Waals surface area contributed by atoms with E-state index in [9.17, 15) is 14.9 Å². The molecule has 0 aromatic heterocycles. The lowest BCUT2D eigenvalue weighted by atomic mass is 10.1. The first-order valence-corrected chi connectivity index (χ1v) is 10.1. The van der Waals surface area contributed by atoms with Gasteiger partial charge in [0.1, 0.15) is 5.75 Å². The average molecular weight is 442 g/mol. The predicted molar refractivity (Wildman–Crippen MR) is 121 cm³/mol. The summed E-state index contributed by atoms with van der Waals surface area (Å²) in [5.74, 6) is 0.748. The first-order chi connectivity index (χ1) is 14.8. The number of non-ortho nitro benzene ring substituents is 1. The lowest BCUT2D eigenvalue weighted by molar-refractivity contribution is -0.384. The first-order valence-electron chi connectivity index (χ1n) is 9.69. The highest BCUT2D eigenvalue weighted by atomic mass is 35.5. The number of hydrogen-bond acceptors (Lipinski definition) is 5. The van der Waals surface area contributed by atoms with Gasteiger partial charge in [0.2, 0.25) is 5.91 Å². The minimum atomic E-state index is -0.460. The van der Waals surface area contributed by atoms with Gasteiger partial charge in [-0.25, -0.2) is 0 Å². The summed E-state index contributed by atoms with van der Waals surface area (Å²) < 4.78 is 5.25. The van der Waals surface area contributed by atoms with E-state index in [1.165, 1.54) is 18.2 Å². The van der Waals surface area contributed by atoms with Crippen LogP contribution >= 0.6 is 11.6 Å². The fourth-order valence-corrected chi connectivity index (χ4v) is 3.53. The van der Waals surface area contributed by atoms with Gasteiger partial charge >= 0.3 is 0 Å². The zero-order valence-corrected chi connectivity index (χ0v) is 18.4. The van der Waals surface area contributed by atoms with Gasteiger partial charge in [-0.15, -0.1) is 0 Å². The number of likely N-dealkylation sites (N-methyl/N-ethyl adjacent to an activating group) is 2. The van der Waals surface area contributed by atoms with Gasteiger partial charge in [-0.1, -0.05) is 29.8 Å². The molecule has 3 rings (SSSR count). The van der Waals surface area contributed by atoms with Gasteiger partial charge in [-0.05, 0) is 53.2 Å². The van der Waals surface area contributed by atoms with Crippen molar-refractivity contribution in [1.82, 2.24) is 9.80 Å². The lowest BCUT2D eigenvalue weighted by Crippen LogP contribution is -2.36. The smallest absolute Gasteiger partial charge is 0.269 e. The summed E-state index contributed by atoms with van der Waals surface area (Å²) >= 11 is 6.17. The number of rotatable bonds is 8. The summed E-state index contributed by atoms with van der Waals surface area (Å²) in [7, 11) is 5.18. The number of nitro groups is 1. The van der Waals surface area contributed by atoms with Crippen LogP contribution in [0, 0.1) is 10.1 Å². The number of methoxy groups -OCH3 is 1. The summed E-state index contributed by atoms with van der Waals surface area (Å²) in [6.07, 6.45) is 0. The number of carbonyl (C=O) groups excluding carboxylic acids is 1. The van der Waals surface area contributed by atoms with E-state index >= 15 is 0 Å². The van der Waals surface area contributed by atoms with Crippen molar-refractivity contribution in [2.75, 3.05) is 27.7 Å². The molecule has 0 saturated carbocycles. The standard InChI is InChI=1S/C23H24ClN3O4/c1-25(14-19-11-20(27(29)30)7-9-22(19)24)15-23(28)26(2)13-16-4-5-18-12-21(31-3)8-6-17(18)10-16/h4-12H,13-15H2,1-3H3. The molecule has 0 aliphatic rings. The largest absolute Gasteiger partial charge is 0.497 e. The first kappa shape index (κ1) is 22.5. The molecule has 0 unspecified atom stereocenters. The molecule has 0 fully saturated rings. The summed E-state index contributed by atoms with van der Waals surface area (Å²) in [5, 5.41) is 13.6. The third kappa shape index (κ3) is 5.71. The van der Waals surface area contributed by atoms with Crippen LogP contribution in [0.5, 0.6) is 5.75 Å². The maximum Gasteiger partial charge on any atom is 0.269 e. The van der Waals surface area contributed by atoms with Crippen LogP contribution in [0.15, 0.2) is 54.6 Å². The van der Waals surface area contributed by atoms with Crippen LogP contribution in [0.2, 0.25) is 5.02 Å². The minimum absolute atomic E-state index is 0.0230. The van der Waals surface area contributed by atoms with E-state index < -0.39 is 4.92 Å². The molecule has 1 amide bonds. The molecule has 0 radical (unpaired) electrons. The molecule has 3 aromatic rings. The molecule has 0 aliphatic carbocycles. The molecule has 31 heavy (non-hydrogen) atoms. The highest BCUT2D eigenvalue weighted by Gasteiger charge is 2.16. The Hall–Kier alpha value is -3.16. The lowest BCUT2D eigenvalue weighted by Gasteiger charge is -2.22. The molecule has 0 aliphatic heterocycles. The molecule has 0 saturated heterocycles. The highest BCUT2D eigenvalue weighted by molar-refractivity contribution is 6.31. The average Bonchev–Trinajstić information content (AvgIpc) is 2.74. The molecular weight excluding hydrogens is 418 g/mol. The Morgan fingerprint density at radius 3 is 2.45 bits per heavy atom. The van der Waals surface area contributed by atoms with Crippen LogP contribution in [0.25, 0.3) is 10.8 Å². The highest BCUT2D eigenvalue weighted by Crippen LogP contribution is 2.24. The van der Waals surface area contributed by atoms with Crippen LogP contribution < -0.4 is 4.74 Å². The number of halogens is 1. The van der Waals surface area contributed by atoms with Crippen LogP contribution in [-0.4, -0.2) is 48.4 Å². The van der Waals surface area contributed by atoms with Crippen molar-refractivity contribution >= 4 is 34.0 Å². The van der Waals surface area contributed by atoms with Gasteiger partial charge in [0.15, 0.2) is 0 Å². The van der Waals surface area contributed by atoms with Gasteiger partial charge in [0.05, 0.1) is 18.6 Å². The molecule has 0 N–H and O–H groups in total. The van der Waals surface area contributed by atoms with Crippen LogP contribution in [0.4, 0.5) is 5.69 Å². The number of hydrogen-bond donors (Lipinski definition) is 0. The third-order valence-corrected chi connectivity index (χ3v) is 5.41. The Kier molecular flexibility index (Phi) is 7.09. The molecule has 8 heteroatoms. The van der Waals surface area contributed by atoms with E-state index in [1.54, 1.807) is 31.0 Å². The van der Waals surface area contributed by atoms with E-state index in [2.05, 4.69) is 6.07 Å². The van der Waals surface area contributed by atoms with Crippen LogP contribution in [-0.2, 0) is 17.9 Å².